The Bertz CT molecular complexity index is 665. The van der Waals surface area contributed by atoms with Crippen molar-refractivity contribution in [2.24, 2.45) is 0 Å². The molecule has 1 amide bonds. The van der Waals surface area contributed by atoms with E-state index in [9.17, 15) is 4.79 Å². The lowest BCUT2D eigenvalue weighted by molar-refractivity contribution is 0.102. The van der Waals surface area contributed by atoms with Crippen LogP contribution in [0.15, 0.2) is 24.3 Å². The molecule has 1 aliphatic rings. The van der Waals surface area contributed by atoms with Gasteiger partial charge in [0.05, 0.1) is 5.69 Å². The molecule has 1 N–H and O–H groups in total. The highest BCUT2D eigenvalue weighted by molar-refractivity contribution is 6.03. The minimum absolute atomic E-state index is 0.208. The van der Waals surface area contributed by atoms with E-state index in [-0.39, 0.29) is 5.91 Å². The topological polar surface area (TPSA) is 54.9 Å². The zero-order valence-electron chi connectivity index (χ0n) is 12.6. The monoisotopic (exact) mass is 281 g/mol. The van der Waals surface area contributed by atoms with Crippen molar-refractivity contribution in [3.8, 4) is 0 Å². The number of rotatable bonds is 3. The van der Waals surface area contributed by atoms with Gasteiger partial charge in [-0.1, -0.05) is 17.7 Å². The fraction of sp³-hybridized carbons (Fsp3) is 0.353. The number of nitrogens with one attached hydrogen (secondary N) is 1. The lowest BCUT2D eigenvalue weighted by Gasteiger charge is -2.12. The lowest BCUT2D eigenvalue weighted by atomic mass is 10.0. The van der Waals surface area contributed by atoms with Crippen LogP contribution in [-0.2, 0) is 0 Å². The Morgan fingerprint density at radius 3 is 2.29 bits per heavy atom. The highest BCUT2D eigenvalue weighted by atomic mass is 16.1. The summed E-state index contributed by atoms with van der Waals surface area (Å²) >= 11 is 0. The molecule has 0 aliphatic heterocycles. The molecule has 0 unspecified atom stereocenters. The molecule has 0 saturated heterocycles. The summed E-state index contributed by atoms with van der Waals surface area (Å²) in [7, 11) is 0. The van der Waals surface area contributed by atoms with Gasteiger partial charge in [0, 0.05) is 11.6 Å². The van der Waals surface area contributed by atoms with Crippen LogP contribution >= 0.6 is 0 Å². The third-order valence-electron chi connectivity index (χ3n) is 3.83. The number of amides is 1. The Morgan fingerprint density at radius 1 is 1.10 bits per heavy atom. The van der Waals surface area contributed by atoms with Crippen molar-refractivity contribution in [3.05, 3.63) is 52.3 Å². The van der Waals surface area contributed by atoms with Crippen LogP contribution in [-0.4, -0.2) is 16.1 Å². The number of aromatic nitrogens is 2. The highest BCUT2D eigenvalue weighted by Gasteiger charge is 2.25. The minimum Gasteiger partial charge on any atom is -0.320 e. The van der Waals surface area contributed by atoms with Crippen LogP contribution in [0.3, 0.4) is 0 Å². The van der Waals surface area contributed by atoms with Crippen molar-refractivity contribution in [1.82, 2.24) is 10.2 Å². The van der Waals surface area contributed by atoms with Crippen molar-refractivity contribution in [2.75, 3.05) is 5.32 Å². The largest absolute Gasteiger partial charge is 0.320 e. The summed E-state index contributed by atoms with van der Waals surface area (Å²) in [5, 5.41) is 11.1. The summed E-state index contributed by atoms with van der Waals surface area (Å²) in [6.07, 6.45) is 2.37. The molecule has 1 aliphatic carbocycles. The number of hydrogen-bond acceptors (Lipinski definition) is 3. The Kier molecular flexibility index (Phi) is 3.45. The maximum atomic E-state index is 12.3. The van der Waals surface area contributed by atoms with Gasteiger partial charge in [-0.15, -0.1) is 5.10 Å². The molecule has 3 rings (SSSR count). The molecular weight excluding hydrogens is 262 g/mol. The molecule has 4 nitrogen and oxygen atoms in total. The second-order valence-corrected chi connectivity index (χ2v) is 5.85. The van der Waals surface area contributed by atoms with Gasteiger partial charge in [-0.05, 0) is 56.9 Å². The van der Waals surface area contributed by atoms with Crippen LogP contribution in [0.2, 0.25) is 0 Å². The summed E-state index contributed by atoms with van der Waals surface area (Å²) in [6, 6.07) is 7.79. The summed E-state index contributed by atoms with van der Waals surface area (Å²) in [5.41, 5.74) is 5.52. The normalized spacial score (nSPS) is 14.0. The van der Waals surface area contributed by atoms with E-state index in [1.165, 1.54) is 18.4 Å². The first-order valence-corrected chi connectivity index (χ1v) is 7.27. The van der Waals surface area contributed by atoms with Gasteiger partial charge < -0.3 is 5.32 Å². The van der Waals surface area contributed by atoms with Crippen molar-refractivity contribution in [1.29, 1.82) is 0 Å². The van der Waals surface area contributed by atoms with Gasteiger partial charge in [0.1, 0.15) is 0 Å². The first-order chi connectivity index (χ1) is 10.0. The summed E-state index contributed by atoms with van der Waals surface area (Å²) in [6.45, 7) is 6.04. The van der Waals surface area contributed by atoms with Crippen LogP contribution in [0.25, 0.3) is 0 Å². The number of carbonyl (C=O) groups is 1. The van der Waals surface area contributed by atoms with Gasteiger partial charge in [-0.25, -0.2) is 0 Å². The fourth-order valence-corrected chi connectivity index (χ4v) is 2.62. The molecule has 108 valence electrons. The number of anilines is 1. The second-order valence-electron chi connectivity index (χ2n) is 5.85. The standard InChI is InChI=1S/C17H19N3O/c1-10-8-11(2)16(12(3)9-10)18-17(21)15-7-6-14(19-20-15)13-4-5-13/h6-9,13H,4-5H2,1-3H3,(H,18,21). The van der Waals surface area contributed by atoms with Gasteiger partial charge in [0.25, 0.3) is 5.91 Å². The third kappa shape index (κ3) is 2.94. The van der Waals surface area contributed by atoms with E-state index in [0.717, 1.165) is 22.5 Å². The Morgan fingerprint density at radius 2 is 1.76 bits per heavy atom. The van der Waals surface area contributed by atoms with E-state index in [1.807, 2.05) is 26.8 Å². The van der Waals surface area contributed by atoms with E-state index in [0.29, 0.717) is 11.6 Å². The highest BCUT2D eigenvalue weighted by Crippen LogP contribution is 2.38. The van der Waals surface area contributed by atoms with E-state index in [4.69, 9.17) is 0 Å². The molecule has 1 aromatic heterocycles. The molecule has 1 aromatic carbocycles. The number of carbonyl (C=O) groups excluding carboxylic acids is 1. The van der Waals surface area contributed by atoms with E-state index in [2.05, 4.69) is 27.6 Å². The van der Waals surface area contributed by atoms with Gasteiger partial charge in [0.2, 0.25) is 0 Å². The van der Waals surface area contributed by atoms with Gasteiger partial charge >= 0.3 is 0 Å². The van der Waals surface area contributed by atoms with Crippen molar-refractivity contribution in [2.45, 2.75) is 39.5 Å². The molecule has 1 saturated carbocycles. The quantitative estimate of drug-likeness (QED) is 0.936. The van der Waals surface area contributed by atoms with Crippen LogP contribution in [0.4, 0.5) is 5.69 Å². The number of hydrogen-bond donors (Lipinski definition) is 1. The number of nitrogens with zero attached hydrogens (tertiary/aromatic N) is 2. The zero-order valence-corrected chi connectivity index (χ0v) is 12.6. The molecule has 21 heavy (non-hydrogen) atoms. The average Bonchev–Trinajstić information content (AvgIpc) is 3.27. The van der Waals surface area contributed by atoms with Crippen molar-refractivity contribution < 1.29 is 4.79 Å². The van der Waals surface area contributed by atoms with Crippen LogP contribution < -0.4 is 5.32 Å². The smallest absolute Gasteiger partial charge is 0.276 e. The SMILES string of the molecule is Cc1cc(C)c(NC(=O)c2ccc(C3CC3)nn2)c(C)c1. The predicted octanol–water partition coefficient (Wildman–Crippen LogP) is 3.53. The van der Waals surface area contributed by atoms with E-state index in [1.54, 1.807) is 6.07 Å². The summed E-state index contributed by atoms with van der Waals surface area (Å²) in [4.78, 5) is 12.3. The second kappa shape index (κ2) is 5.28. The summed E-state index contributed by atoms with van der Waals surface area (Å²) in [5.74, 6) is 0.344. The first kappa shape index (κ1) is 13.7. The van der Waals surface area contributed by atoms with E-state index >= 15 is 0 Å². The molecule has 0 spiro atoms. The average molecular weight is 281 g/mol. The molecule has 0 radical (unpaired) electrons. The summed E-state index contributed by atoms with van der Waals surface area (Å²) < 4.78 is 0. The molecule has 1 fully saturated rings. The molecule has 4 heteroatoms. The Labute approximate surface area is 124 Å². The molecule has 2 aromatic rings. The maximum Gasteiger partial charge on any atom is 0.276 e. The fourth-order valence-electron chi connectivity index (χ4n) is 2.62. The Hall–Kier alpha value is -2.23. The predicted molar refractivity (Wildman–Crippen MR) is 82.6 cm³/mol. The van der Waals surface area contributed by atoms with Crippen LogP contribution in [0.1, 0.15) is 51.6 Å². The number of aryl methyl sites for hydroxylation is 3. The van der Waals surface area contributed by atoms with Gasteiger partial charge in [-0.3, -0.25) is 4.79 Å². The van der Waals surface area contributed by atoms with Crippen molar-refractivity contribution >= 4 is 11.6 Å². The van der Waals surface area contributed by atoms with E-state index < -0.39 is 0 Å². The van der Waals surface area contributed by atoms with Crippen LogP contribution in [0.5, 0.6) is 0 Å². The minimum atomic E-state index is -0.208. The Balaban J connectivity index is 1.79. The van der Waals surface area contributed by atoms with Crippen molar-refractivity contribution in [3.63, 3.8) is 0 Å². The van der Waals surface area contributed by atoms with Gasteiger partial charge in [-0.2, -0.15) is 5.10 Å². The molecule has 1 heterocycles. The zero-order chi connectivity index (χ0) is 15.0. The molecule has 0 atom stereocenters. The first-order valence-electron chi connectivity index (χ1n) is 7.27. The maximum absolute atomic E-state index is 12.3. The molecular formula is C17H19N3O. The van der Waals surface area contributed by atoms with Crippen LogP contribution in [0, 0.1) is 20.8 Å². The third-order valence-corrected chi connectivity index (χ3v) is 3.83. The van der Waals surface area contributed by atoms with Gasteiger partial charge in [0.15, 0.2) is 5.69 Å². The molecule has 0 bridgehead atoms. The lowest BCUT2D eigenvalue weighted by Crippen LogP contribution is -2.16. The number of benzene rings is 1.